The highest BCUT2D eigenvalue weighted by molar-refractivity contribution is 6.34. The van der Waals surface area contributed by atoms with Crippen LogP contribution in [0.2, 0.25) is 45.2 Å². The minimum atomic E-state index is -3.46. The molecule has 792 valence electrons. The second kappa shape index (κ2) is 61.7. The van der Waals surface area contributed by atoms with Crippen molar-refractivity contribution in [2.24, 2.45) is 102 Å². The fourth-order valence-corrected chi connectivity index (χ4v) is 16.3. The summed E-state index contributed by atoms with van der Waals surface area (Å²) in [4.78, 5) is 111. The highest BCUT2D eigenvalue weighted by Gasteiger charge is 2.31. The second-order valence-corrected chi connectivity index (χ2v) is 48.3. The van der Waals surface area contributed by atoms with E-state index in [-0.39, 0.29) is 90.5 Å². The average molecular weight is 2180 g/mol. The van der Waals surface area contributed by atoms with Gasteiger partial charge in [-0.15, -0.1) is 0 Å². The number of carbonyl (C=O) groups excluding carboxylic acids is 9. The molecule has 9 rings (SSSR count). The summed E-state index contributed by atoms with van der Waals surface area (Å²) in [6.07, 6.45) is 0.662. The van der Waals surface area contributed by atoms with Crippen molar-refractivity contribution in [2.45, 2.75) is 307 Å². The van der Waals surface area contributed by atoms with E-state index in [1.54, 1.807) is 212 Å². The Balaban J connectivity index is 0.000000982. The molecule has 5 unspecified atom stereocenters. The normalized spacial score (nSPS) is 19.2. The van der Waals surface area contributed by atoms with Crippen LogP contribution in [0.15, 0.2) is 218 Å². The van der Waals surface area contributed by atoms with Gasteiger partial charge < -0.3 is 0 Å². The lowest BCUT2D eigenvalue weighted by atomic mass is 9.82. The fraction of sp³-hybridized carbons (Fsp3) is 0.500. The lowest BCUT2D eigenvalue weighted by Gasteiger charge is -2.22. The lowest BCUT2D eigenvalue weighted by Crippen LogP contribution is -2.18. The molecule has 9 aromatic carbocycles. The van der Waals surface area contributed by atoms with Gasteiger partial charge in [0.25, 0.3) is 0 Å². The second-order valence-electron chi connectivity index (χ2n) is 44.4. The number of carbonyl (C=O) groups is 9. The van der Waals surface area contributed by atoms with Crippen LogP contribution in [-0.4, -0.2) is 52.0 Å². The van der Waals surface area contributed by atoms with Gasteiger partial charge in [-0.2, -0.15) is 0 Å². The summed E-state index contributed by atoms with van der Waals surface area (Å²) in [5.74, 6) is -17.0. The Labute approximate surface area is 957 Å². The summed E-state index contributed by atoms with van der Waals surface area (Å²) in [6, 6.07) is 57.9. The number of rotatable bonds is 27. The van der Waals surface area contributed by atoms with Gasteiger partial charge in [-0.05, 0) is 216 Å². The van der Waals surface area contributed by atoms with Crippen molar-refractivity contribution < 1.29 is 84.3 Å². The zero-order valence-electron chi connectivity index (χ0n) is 119. The Morgan fingerprint density at radius 2 is 0.299 bits per heavy atom. The Morgan fingerprint density at radius 1 is 0.188 bits per heavy atom. The Morgan fingerprint density at radius 3 is 0.417 bits per heavy atom. The maximum absolute atomic E-state index is 12.7. The lowest BCUT2D eigenvalue weighted by molar-refractivity contribution is 0.0891. The molecule has 0 aliphatic rings. The molecule has 9 nitrogen and oxygen atoms in total. The quantitative estimate of drug-likeness (QED) is 0.0458. The monoisotopic (exact) mass is 2170 g/mol. The van der Waals surface area contributed by atoms with Crippen LogP contribution in [0.5, 0.6) is 0 Å². The first kappa shape index (κ1) is 90.5. The summed E-state index contributed by atoms with van der Waals surface area (Å²) < 4.78 is 233. The first-order valence-corrected chi connectivity index (χ1v) is 50.4. The largest absolute Gasteiger partial charge is 0.294 e. The first-order chi connectivity index (χ1) is 77.3. The van der Waals surface area contributed by atoms with Crippen molar-refractivity contribution in [3.8, 4) is 0 Å². The molecule has 0 fully saturated rings. The third-order valence-corrected chi connectivity index (χ3v) is 21.8. The van der Waals surface area contributed by atoms with Gasteiger partial charge in [0, 0.05) is 189 Å². The smallest absolute Gasteiger partial charge is 0.165 e. The maximum atomic E-state index is 12.7. The number of ketones is 9. The molecule has 0 bridgehead atoms. The van der Waals surface area contributed by atoms with Gasteiger partial charge in [0.15, 0.2) is 52.0 Å². The van der Waals surface area contributed by atoms with Crippen LogP contribution in [0.3, 0.4) is 0 Å². The van der Waals surface area contributed by atoms with Crippen molar-refractivity contribution in [1.82, 2.24) is 0 Å². The van der Waals surface area contributed by atoms with Crippen LogP contribution in [0, 0.1) is 102 Å². The summed E-state index contributed by atoms with van der Waals surface area (Å²) in [7, 11) is 0. The van der Waals surface area contributed by atoms with Gasteiger partial charge in [-0.25, -0.2) is 0 Å². The van der Waals surface area contributed by atoms with Crippen LogP contribution in [-0.2, 0) is 0 Å². The predicted octanol–water partition coefficient (Wildman–Crippen LogP) is 41.4. The molecule has 0 aromatic heterocycles. The molecule has 18 heteroatoms. The molecule has 0 amide bonds. The van der Waals surface area contributed by atoms with E-state index in [1.165, 1.54) is 68.4 Å². The minimum Gasteiger partial charge on any atom is -0.294 e. The molecule has 0 aliphatic heterocycles. The van der Waals surface area contributed by atoms with Crippen molar-refractivity contribution in [2.75, 3.05) is 0 Å². The first-order valence-electron chi connectivity index (χ1n) is 62.0. The van der Waals surface area contributed by atoms with Crippen molar-refractivity contribution in [3.63, 3.8) is 0 Å². The van der Waals surface area contributed by atoms with Crippen LogP contribution in [0.25, 0.3) is 0 Å². The molecule has 0 N–H and O–H groups in total. The van der Waals surface area contributed by atoms with Crippen LogP contribution >= 0.6 is 104 Å². The van der Waals surface area contributed by atoms with E-state index in [0.717, 1.165) is 13.8 Å². The number of hydrogen-bond donors (Lipinski definition) is 0. The molecule has 0 heterocycles. The van der Waals surface area contributed by atoms with Crippen molar-refractivity contribution in [1.29, 1.82) is 0 Å². The van der Waals surface area contributed by atoms with Gasteiger partial charge in [-0.1, -0.05) is 462 Å². The van der Waals surface area contributed by atoms with Gasteiger partial charge in [0.2, 0.25) is 0 Å². The van der Waals surface area contributed by atoms with E-state index < -0.39 is 159 Å². The highest BCUT2D eigenvalue weighted by atomic mass is 35.5. The summed E-state index contributed by atoms with van der Waals surface area (Å²) >= 11 is 52.6. The number of halogens is 9. The molecule has 9 atom stereocenters. The third kappa shape index (κ3) is 60.3. The predicted molar refractivity (Wildman–Crippen MR) is 621 cm³/mol. The van der Waals surface area contributed by atoms with E-state index in [2.05, 4.69) is 0 Å². The Kier molecular flexibility index (Phi) is 38.8. The summed E-state index contributed by atoms with van der Waals surface area (Å²) in [5, 5.41) is 3.92. The SMILES string of the molecule is [2H]C(C)(CC(C([2H])([2H])[2H])(C([2H])([2H])[2H])C([2H])([2H])[2H])C(=O)c1cccc(Cl)c1.[2H]C(C)(CC(C)(C([2H])([2H])[2H])C([2H])([2H])[2H])C(=O)c1cccc(Cl)c1.[2H]C(C)(CC(C)(C)C([2H])([2H])[2H])C(=O)c1cccc(Cl)c1.[2H]C(C)(CC(C)(C)C)C(=O)c1cccc(Cl)c1.[2H]C(C)(CC(C)(C)C)C(=O)c1cccc(Cl)c1.[2H]C([2H])([2H])[C@@]([2H])(CC(C)(C)C)C(=O)c1cccc(Cl)c1.[2H][C@@](C)(CC(C)(C)C)C(=O)c1cccc(Cl)c1.[2H][C@@](C)(CC(C)(C)C)C(=O)c1cccc(Cl)c1.[2H][C@](C)(CC(C)(C)C)C(=O)c1cccc(Cl)c1. The van der Waals surface area contributed by atoms with Gasteiger partial charge in [0.05, 0.1) is 0 Å². The highest BCUT2D eigenvalue weighted by Crippen LogP contribution is 2.37. The van der Waals surface area contributed by atoms with E-state index in [0.29, 0.717) is 106 Å². The zero-order chi connectivity index (χ0) is 137. The van der Waals surface area contributed by atoms with E-state index >= 15 is 0 Å². The maximum Gasteiger partial charge on any atom is 0.165 e. The summed E-state index contributed by atoms with van der Waals surface area (Å²) in [5.41, 5.74) is -4.07. The van der Waals surface area contributed by atoms with E-state index in [4.69, 9.17) is 146 Å². The number of benzene rings is 9. The average Bonchev–Trinajstić information content (AvgIpc) is 0.711. The molecule has 0 aliphatic carbocycles. The Hall–Kier alpha value is -7.38. The zero-order valence-corrected chi connectivity index (χ0v) is 96.0. The molecule has 0 saturated heterocycles. The van der Waals surface area contributed by atoms with Crippen molar-refractivity contribution in [3.05, 3.63) is 314 Å². The molecule has 0 spiro atoms. The standard InChI is InChI=1S/9C14H19ClO/c9*1-10(9-14(2,3)4)13(16)11-6-5-7-12(15)8-11/h9*5-8,10H,9H2,1-4H3/t4*10-;;;;;/m1100...../s1/i2*10D;1D3,10D;10D;2D3,3D3,4D3,10D;2D3,3D3,10D;2D3,10D;2*10D. The summed E-state index contributed by atoms with van der Waals surface area (Å²) in [6.45, 7) is 31.2. The fourth-order valence-electron chi connectivity index (χ4n) is 14.6. The molecule has 144 heavy (non-hydrogen) atoms. The van der Waals surface area contributed by atoms with Crippen LogP contribution in [0.4, 0.5) is 0 Å². The van der Waals surface area contributed by atoms with Crippen molar-refractivity contribution >= 4 is 156 Å². The van der Waals surface area contributed by atoms with Gasteiger partial charge >= 0.3 is 0 Å². The van der Waals surface area contributed by atoms with Gasteiger partial charge in [-0.3, -0.25) is 43.2 Å². The molecule has 0 saturated carbocycles. The molecule has 0 radical (unpaired) electrons. The minimum absolute atomic E-state index is 0.0366. The molecular formula is C126H171Cl9O9. The molecular weight excluding hydrogens is 1980 g/mol. The van der Waals surface area contributed by atoms with Crippen LogP contribution < -0.4 is 0 Å². The van der Waals surface area contributed by atoms with Crippen LogP contribution in [0.1, 0.15) is 441 Å². The van der Waals surface area contributed by atoms with E-state index in [1.807, 2.05) is 125 Å². The van der Waals surface area contributed by atoms with Gasteiger partial charge in [0.1, 0.15) is 0 Å². The Bertz CT molecular complexity index is 6440. The van der Waals surface area contributed by atoms with E-state index in [9.17, 15) is 43.2 Å². The number of hydrogen-bond acceptors (Lipinski definition) is 9. The number of Topliss-reactive ketones (excluding diaryl/α,β-unsaturated/α-hetero) is 9. The third-order valence-electron chi connectivity index (χ3n) is 19.7. The molecule has 9 aromatic rings. The topological polar surface area (TPSA) is 154 Å².